The first-order valence-corrected chi connectivity index (χ1v) is 12.2. The first-order chi connectivity index (χ1) is 14.2. The molecule has 0 rings (SSSR count). The van der Waals surface area contributed by atoms with Crippen molar-refractivity contribution in [3.05, 3.63) is 12.2 Å². The van der Waals surface area contributed by atoms with E-state index in [0.717, 1.165) is 19.3 Å². The van der Waals surface area contributed by atoms with Crippen LogP contribution in [0.3, 0.4) is 0 Å². The van der Waals surface area contributed by atoms with Crippen molar-refractivity contribution >= 4 is 11.9 Å². The van der Waals surface area contributed by atoms with E-state index in [-0.39, 0.29) is 0 Å². The lowest BCUT2D eigenvalue weighted by Gasteiger charge is -2.14. The van der Waals surface area contributed by atoms with Gasteiger partial charge in [0.25, 0.3) is 0 Å². The molecular weight excluding hydrogens is 364 g/mol. The highest BCUT2D eigenvalue weighted by molar-refractivity contribution is 5.94. The second-order valence-corrected chi connectivity index (χ2v) is 7.78. The van der Waals surface area contributed by atoms with Crippen molar-refractivity contribution < 1.29 is 19.1 Å². The Morgan fingerprint density at radius 1 is 0.621 bits per heavy atom. The molecule has 0 saturated carbocycles. The van der Waals surface area contributed by atoms with Gasteiger partial charge in [0.1, 0.15) is 0 Å². The van der Waals surface area contributed by atoms with Gasteiger partial charge in [0.2, 0.25) is 0 Å². The molecule has 0 aromatic carbocycles. The van der Waals surface area contributed by atoms with Gasteiger partial charge in [-0.3, -0.25) is 9.59 Å². The van der Waals surface area contributed by atoms with E-state index >= 15 is 0 Å². The molecule has 0 aliphatic heterocycles. The fourth-order valence-electron chi connectivity index (χ4n) is 3.41. The third-order valence-corrected chi connectivity index (χ3v) is 5.15. The second-order valence-electron chi connectivity index (χ2n) is 7.78. The Morgan fingerprint density at radius 3 is 1.48 bits per heavy atom. The Kier molecular flexibility index (Phi) is 20.4. The minimum atomic E-state index is -0.758. The molecule has 0 fully saturated rings. The number of unbranched alkanes of at least 4 members (excludes halogenated alkanes) is 12. The van der Waals surface area contributed by atoms with Crippen LogP contribution in [-0.4, -0.2) is 25.2 Å². The third-order valence-electron chi connectivity index (χ3n) is 5.15. The molecule has 4 nitrogen and oxygen atoms in total. The molecule has 4 heteroatoms. The molecule has 0 aliphatic carbocycles. The zero-order chi connectivity index (χ0) is 21.6. The van der Waals surface area contributed by atoms with Crippen LogP contribution in [0.15, 0.2) is 12.2 Å². The zero-order valence-corrected chi connectivity index (χ0v) is 19.4. The number of carbonyl (C=O) groups excluding carboxylic acids is 2. The molecule has 0 aliphatic rings. The summed E-state index contributed by atoms with van der Waals surface area (Å²) < 4.78 is 10.0. The highest BCUT2D eigenvalue weighted by atomic mass is 16.6. The van der Waals surface area contributed by atoms with E-state index in [1.165, 1.54) is 70.6 Å². The Hall–Kier alpha value is -1.32. The van der Waals surface area contributed by atoms with Gasteiger partial charge in [-0.25, -0.2) is 0 Å². The first kappa shape index (κ1) is 27.7. The molecule has 0 heterocycles. The maximum atomic E-state index is 11.9. The van der Waals surface area contributed by atoms with Crippen LogP contribution in [0, 0.1) is 5.92 Å². The number of allylic oxidation sites excluding steroid dienone is 2. The van der Waals surface area contributed by atoms with Crippen LogP contribution in [0.25, 0.3) is 0 Å². The molecule has 0 radical (unpaired) electrons. The molecule has 0 aromatic heterocycles. The minimum Gasteiger partial charge on any atom is -0.465 e. The van der Waals surface area contributed by atoms with Gasteiger partial charge >= 0.3 is 11.9 Å². The first-order valence-electron chi connectivity index (χ1n) is 12.2. The SMILES string of the molecule is CCCCCCCC/C=C\CCCCCCCCC(C(=O)OCC)C(=O)OCC. The van der Waals surface area contributed by atoms with E-state index in [1.807, 2.05) is 0 Å². The van der Waals surface area contributed by atoms with Crippen LogP contribution in [0.5, 0.6) is 0 Å². The maximum absolute atomic E-state index is 11.9. The average Bonchev–Trinajstić information content (AvgIpc) is 2.70. The molecule has 29 heavy (non-hydrogen) atoms. The summed E-state index contributed by atoms with van der Waals surface area (Å²) in [6.07, 6.45) is 22.6. The van der Waals surface area contributed by atoms with E-state index in [9.17, 15) is 9.59 Å². The van der Waals surface area contributed by atoms with Crippen molar-refractivity contribution in [2.24, 2.45) is 5.92 Å². The lowest BCUT2D eigenvalue weighted by Crippen LogP contribution is -2.28. The Bertz CT molecular complexity index is 399. The summed E-state index contributed by atoms with van der Waals surface area (Å²) >= 11 is 0. The van der Waals surface area contributed by atoms with Gasteiger partial charge in [0.15, 0.2) is 5.92 Å². The second kappa shape index (κ2) is 21.4. The fraction of sp³-hybridized carbons (Fsp3) is 0.840. The van der Waals surface area contributed by atoms with Gasteiger partial charge in [0, 0.05) is 0 Å². The highest BCUT2D eigenvalue weighted by Gasteiger charge is 2.28. The fourth-order valence-corrected chi connectivity index (χ4v) is 3.41. The molecule has 0 saturated heterocycles. The number of esters is 2. The monoisotopic (exact) mass is 410 g/mol. The van der Waals surface area contributed by atoms with Crippen LogP contribution in [0.2, 0.25) is 0 Å². The van der Waals surface area contributed by atoms with Crippen molar-refractivity contribution in [2.45, 2.75) is 117 Å². The van der Waals surface area contributed by atoms with Crippen molar-refractivity contribution in [3.63, 3.8) is 0 Å². The van der Waals surface area contributed by atoms with Gasteiger partial charge in [-0.05, 0) is 46.0 Å². The molecule has 0 aromatic rings. The number of ether oxygens (including phenoxy) is 2. The van der Waals surface area contributed by atoms with Crippen LogP contribution in [-0.2, 0) is 19.1 Å². The van der Waals surface area contributed by atoms with Crippen molar-refractivity contribution in [1.29, 1.82) is 0 Å². The Morgan fingerprint density at radius 2 is 1.03 bits per heavy atom. The summed E-state index contributed by atoms with van der Waals surface area (Å²) in [5, 5.41) is 0. The summed E-state index contributed by atoms with van der Waals surface area (Å²) in [6, 6.07) is 0. The van der Waals surface area contributed by atoms with Gasteiger partial charge in [0.05, 0.1) is 13.2 Å². The molecule has 170 valence electrons. The van der Waals surface area contributed by atoms with Crippen LogP contribution >= 0.6 is 0 Å². The Balaban J connectivity index is 3.61. The van der Waals surface area contributed by atoms with Crippen LogP contribution in [0.4, 0.5) is 0 Å². The lowest BCUT2D eigenvalue weighted by atomic mass is 10.00. The molecule has 0 N–H and O–H groups in total. The minimum absolute atomic E-state index is 0.294. The van der Waals surface area contributed by atoms with Gasteiger partial charge in [-0.15, -0.1) is 0 Å². The predicted octanol–water partition coefficient (Wildman–Crippen LogP) is 7.16. The average molecular weight is 411 g/mol. The van der Waals surface area contributed by atoms with Crippen molar-refractivity contribution in [1.82, 2.24) is 0 Å². The van der Waals surface area contributed by atoms with E-state index in [0.29, 0.717) is 19.6 Å². The summed E-state index contributed by atoms with van der Waals surface area (Å²) in [5.41, 5.74) is 0. The quantitative estimate of drug-likeness (QED) is 0.0925. The standard InChI is InChI=1S/C25H46O4/c1-4-7-8-9-10-11-12-13-14-15-16-17-18-19-20-21-22-23(24(26)28-5-2)25(27)29-6-3/h13-14,23H,4-12,15-22H2,1-3H3/b14-13-. The molecule has 0 amide bonds. The van der Waals surface area contributed by atoms with E-state index < -0.39 is 17.9 Å². The van der Waals surface area contributed by atoms with E-state index in [2.05, 4.69) is 19.1 Å². The van der Waals surface area contributed by atoms with Crippen molar-refractivity contribution in [2.75, 3.05) is 13.2 Å². The van der Waals surface area contributed by atoms with E-state index in [1.54, 1.807) is 13.8 Å². The smallest absolute Gasteiger partial charge is 0.320 e. The third kappa shape index (κ3) is 17.3. The molecule has 0 bridgehead atoms. The normalized spacial score (nSPS) is 11.3. The highest BCUT2D eigenvalue weighted by Crippen LogP contribution is 2.16. The number of hydrogen-bond acceptors (Lipinski definition) is 4. The summed E-state index contributed by atoms with van der Waals surface area (Å²) in [6.45, 7) is 6.36. The van der Waals surface area contributed by atoms with E-state index in [4.69, 9.17) is 9.47 Å². The number of hydrogen-bond donors (Lipinski definition) is 0. The van der Waals surface area contributed by atoms with Gasteiger partial charge in [-0.1, -0.05) is 83.3 Å². The summed E-state index contributed by atoms with van der Waals surface area (Å²) in [4.78, 5) is 23.8. The summed E-state index contributed by atoms with van der Waals surface area (Å²) in [5.74, 6) is -1.65. The van der Waals surface area contributed by atoms with Crippen LogP contribution < -0.4 is 0 Å². The van der Waals surface area contributed by atoms with Gasteiger partial charge in [-0.2, -0.15) is 0 Å². The molecule has 0 spiro atoms. The maximum Gasteiger partial charge on any atom is 0.320 e. The topological polar surface area (TPSA) is 52.6 Å². The van der Waals surface area contributed by atoms with Crippen LogP contribution in [0.1, 0.15) is 117 Å². The largest absolute Gasteiger partial charge is 0.465 e. The molecule has 0 unspecified atom stereocenters. The molecule has 0 atom stereocenters. The Labute approximate surface area is 179 Å². The van der Waals surface area contributed by atoms with Crippen molar-refractivity contribution in [3.8, 4) is 0 Å². The summed E-state index contributed by atoms with van der Waals surface area (Å²) in [7, 11) is 0. The zero-order valence-electron chi connectivity index (χ0n) is 19.4. The lowest BCUT2D eigenvalue weighted by molar-refractivity contribution is -0.161. The molecular formula is C25H46O4. The van der Waals surface area contributed by atoms with Gasteiger partial charge < -0.3 is 9.47 Å². The number of carbonyl (C=O) groups is 2. The predicted molar refractivity (Wildman–Crippen MR) is 121 cm³/mol. The number of rotatable bonds is 20.